The van der Waals surface area contributed by atoms with Gasteiger partial charge >= 0.3 is 6.09 Å². The number of nitrogens with one attached hydrogen (secondary N) is 1. The lowest BCUT2D eigenvalue weighted by Crippen LogP contribution is -2.49. The minimum absolute atomic E-state index is 0.263. The first-order valence-corrected chi connectivity index (χ1v) is 10.5. The van der Waals surface area contributed by atoms with Crippen LogP contribution in [0.4, 0.5) is 16.6 Å². The Kier molecular flexibility index (Phi) is 6.35. The van der Waals surface area contributed by atoms with Crippen LogP contribution in [0.15, 0.2) is 48.5 Å². The third-order valence-corrected chi connectivity index (χ3v) is 5.32. The van der Waals surface area contributed by atoms with E-state index in [-0.39, 0.29) is 6.09 Å². The summed E-state index contributed by atoms with van der Waals surface area (Å²) in [6, 6.07) is 15.9. The molecular weight excluding hydrogens is 394 g/mol. The lowest BCUT2D eigenvalue weighted by atomic mass is 10.2. The molecular formula is C23H27N5O3. The maximum absolute atomic E-state index is 12.0. The van der Waals surface area contributed by atoms with E-state index in [0.717, 1.165) is 28.0 Å². The van der Waals surface area contributed by atoms with E-state index in [4.69, 9.17) is 19.4 Å². The molecule has 0 aliphatic carbocycles. The monoisotopic (exact) mass is 421 g/mol. The van der Waals surface area contributed by atoms with Crippen molar-refractivity contribution < 1.29 is 14.3 Å². The van der Waals surface area contributed by atoms with Crippen molar-refractivity contribution in [3.8, 4) is 5.75 Å². The van der Waals surface area contributed by atoms with Crippen LogP contribution in [0.5, 0.6) is 5.75 Å². The van der Waals surface area contributed by atoms with Crippen molar-refractivity contribution in [3.05, 3.63) is 54.1 Å². The molecule has 0 bridgehead atoms. The second-order valence-corrected chi connectivity index (χ2v) is 7.23. The molecule has 31 heavy (non-hydrogen) atoms. The summed E-state index contributed by atoms with van der Waals surface area (Å²) in [4.78, 5) is 25.4. The molecule has 8 nitrogen and oxygen atoms in total. The van der Waals surface area contributed by atoms with Crippen molar-refractivity contribution in [1.82, 2.24) is 14.9 Å². The number of piperazine rings is 1. The molecule has 2 aromatic carbocycles. The van der Waals surface area contributed by atoms with Crippen molar-refractivity contribution in [2.45, 2.75) is 13.5 Å². The van der Waals surface area contributed by atoms with Crippen LogP contribution in [-0.2, 0) is 11.3 Å². The molecule has 1 aromatic heterocycles. The van der Waals surface area contributed by atoms with Gasteiger partial charge in [0.25, 0.3) is 0 Å². The first-order valence-electron chi connectivity index (χ1n) is 10.5. The number of carbonyl (C=O) groups is 1. The Labute approximate surface area is 181 Å². The van der Waals surface area contributed by atoms with Gasteiger partial charge < -0.3 is 24.6 Å². The molecule has 4 rings (SSSR count). The fourth-order valence-electron chi connectivity index (χ4n) is 3.67. The Bertz CT molecular complexity index is 1050. The van der Waals surface area contributed by atoms with E-state index in [1.165, 1.54) is 0 Å². The molecule has 2 heterocycles. The molecule has 1 N–H and O–H groups in total. The molecule has 0 unspecified atom stereocenters. The second kappa shape index (κ2) is 9.51. The molecule has 1 aliphatic heterocycles. The van der Waals surface area contributed by atoms with Crippen LogP contribution < -0.4 is 15.0 Å². The molecule has 8 heteroatoms. The normalized spacial score (nSPS) is 13.9. The number of para-hydroxylation sites is 2. The summed E-state index contributed by atoms with van der Waals surface area (Å²) in [5.41, 5.74) is 1.93. The predicted octanol–water partition coefficient (Wildman–Crippen LogP) is 3.53. The van der Waals surface area contributed by atoms with Gasteiger partial charge in [0.05, 0.1) is 19.2 Å². The van der Waals surface area contributed by atoms with Crippen LogP contribution in [0.25, 0.3) is 10.9 Å². The molecule has 3 aromatic rings. The van der Waals surface area contributed by atoms with Gasteiger partial charge in [-0.2, -0.15) is 4.98 Å². The standard InChI is InChI=1S/C23H27N5O3/c1-3-31-23(29)28-14-12-27(13-15-28)22-25-19-10-6-5-9-18(19)21(26-22)24-16-17-8-4-7-11-20(17)30-2/h4-11H,3,12-16H2,1-2H3,(H,24,25,26). The second-order valence-electron chi connectivity index (χ2n) is 7.23. The fourth-order valence-corrected chi connectivity index (χ4v) is 3.67. The van der Waals surface area contributed by atoms with Gasteiger partial charge in [-0.05, 0) is 25.1 Å². The van der Waals surface area contributed by atoms with Crippen LogP contribution in [-0.4, -0.2) is 60.9 Å². The van der Waals surface area contributed by atoms with Gasteiger partial charge in [-0.1, -0.05) is 30.3 Å². The summed E-state index contributed by atoms with van der Waals surface area (Å²) in [7, 11) is 1.67. The van der Waals surface area contributed by atoms with E-state index >= 15 is 0 Å². The topological polar surface area (TPSA) is 79.8 Å². The maximum atomic E-state index is 12.0. The quantitative estimate of drug-likeness (QED) is 0.652. The minimum atomic E-state index is -0.263. The van der Waals surface area contributed by atoms with Crippen LogP contribution >= 0.6 is 0 Å². The summed E-state index contributed by atoms with van der Waals surface area (Å²) in [6.45, 7) is 5.26. The summed E-state index contributed by atoms with van der Waals surface area (Å²) in [5.74, 6) is 2.27. The van der Waals surface area contributed by atoms with Crippen LogP contribution in [0.2, 0.25) is 0 Å². The molecule has 1 fully saturated rings. The third-order valence-electron chi connectivity index (χ3n) is 5.32. The van der Waals surface area contributed by atoms with Crippen LogP contribution in [0.3, 0.4) is 0 Å². The molecule has 0 radical (unpaired) electrons. The number of aromatic nitrogens is 2. The van der Waals surface area contributed by atoms with Crippen molar-refractivity contribution in [2.75, 3.05) is 50.1 Å². The third kappa shape index (κ3) is 4.63. The highest BCUT2D eigenvalue weighted by Crippen LogP contribution is 2.26. The van der Waals surface area contributed by atoms with E-state index in [2.05, 4.69) is 10.2 Å². The van der Waals surface area contributed by atoms with Gasteiger partial charge in [0, 0.05) is 43.7 Å². The van der Waals surface area contributed by atoms with E-state index in [0.29, 0.717) is 45.3 Å². The smallest absolute Gasteiger partial charge is 0.409 e. The predicted molar refractivity (Wildman–Crippen MR) is 121 cm³/mol. The molecule has 0 spiro atoms. The number of amides is 1. The molecule has 1 aliphatic rings. The number of anilines is 2. The lowest BCUT2D eigenvalue weighted by Gasteiger charge is -2.34. The first-order chi connectivity index (χ1) is 15.2. The van der Waals surface area contributed by atoms with Crippen LogP contribution in [0.1, 0.15) is 12.5 Å². The SMILES string of the molecule is CCOC(=O)N1CCN(c2nc(NCc3ccccc3OC)c3ccccc3n2)CC1. The Morgan fingerprint density at radius 3 is 2.55 bits per heavy atom. The number of nitrogens with zero attached hydrogens (tertiary/aromatic N) is 4. The van der Waals surface area contributed by atoms with Gasteiger partial charge in [-0.3, -0.25) is 0 Å². The highest BCUT2D eigenvalue weighted by atomic mass is 16.6. The zero-order chi connectivity index (χ0) is 21.6. The zero-order valence-electron chi connectivity index (χ0n) is 17.9. The van der Waals surface area contributed by atoms with Crippen molar-refractivity contribution in [2.24, 2.45) is 0 Å². The number of fused-ring (bicyclic) bond motifs is 1. The molecule has 0 saturated carbocycles. The number of hydrogen-bond donors (Lipinski definition) is 1. The Morgan fingerprint density at radius 2 is 1.77 bits per heavy atom. The summed E-state index contributed by atoms with van der Waals surface area (Å²) >= 11 is 0. The molecule has 0 atom stereocenters. The summed E-state index contributed by atoms with van der Waals surface area (Å²) in [6.07, 6.45) is -0.263. The Morgan fingerprint density at radius 1 is 1.03 bits per heavy atom. The first kappa shape index (κ1) is 20.7. The van der Waals surface area contributed by atoms with Crippen molar-refractivity contribution in [3.63, 3.8) is 0 Å². The average molecular weight is 422 g/mol. The number of hydrogen-bond acceptors (Lipinski definition) is 7. The van der Waals surface area contributed by atoms with Gasteiger partial charge in [0.15, 0.2) is 0 Å². The number of carbonyl (C=O) groups excluding carboxylic acids is 1. The highest BCUT2D eigenvalue weighted by molar-refractivity contribution is 5.90. The number of rotatable bonds is 6. The minimum Gasteiger partial charge on any atom is -0.496 e. The average Bonchev–Trinajstić information content (AvgIpc) is 2.82. The number of ether oxygens (including phenoxy) is 2. The molecule has 1 amide bonds. The van der Waals surface area contributed by atoms with E-state index in [1.54, 1.807) is 12.0 Å². The van der Waals surface area contributed by atoms with Gasteiger partial charge in [0.1, 0.15) is 11.6 Å². The van der Waals surface area contributed by atoms with E-state index < -0.39 is 0 Å². The largest absolute Gasteiger partial charge is 0.496 e. The van der Waals surface area contributed by atoms with Crippen molar-refractivity contribution >= 4 is 28.8 Å². The maximum Gasteiger partial charge on any atom is 0.409 e. The fraction of sp³-hybridized carbons (Fsp3) is 0.348. The molecule has 1 saturated heterocycles. The van der Waals surface area contributed by atoms with Gasteiger partial charge in [-0.15, -0.1) is 0 Å². The van der Waals surface area contributed by atoms with Crippen LogP contribution in [0, 0.1) is 0 Å². The number of methoxy groups -OCH3 is 1. The lowest BCUT2D eigenvalue weighted by molar-refractivity contribution is 0.105. The van der Waals surface area contributed by atoms with E-state index in [9.17, 15) is 4.79 Å². The Balaban J connectivity index is 1.55. The van der Waals surface area contributed by atoms with Crippen molar-refractivity contribution in [1.29, 1.82) is 0 Å². The molecule has 162 valence electrons. The summed E-state index contributed by atoms with van der Waals surface area (Å²) < 4.78 is 10.6. The number of benzene rings is 2. The zero-order valence-corrected chi connectivity index (χ0v) is 17.9. The van der Waals surface area contributed by atoms with E-state index in [1.807, 2.05) is 55.5 Å². The highest BCUT2D eigenvalue weighted by Gasteiger charge is 2.24. The Hall–Kier alpha value is -3.55. The summed E-state index contributed by atoms with van der Waals surface area (Å²) in [5, 5.41) is 4.42. The van der Waals surface area contributed by atoms with Gasteiger partial charge in [-0.25, -0.2) is 9.78 Å². The van der Waals surface area contributed by atoms with Gasteiger partial charge in [0.2, 0.25) is 5.95 Å².